The standard InChI is InChI=1S/C16H20N2O3S/c1-10-9-14(12-5-7-13(17)8-6-12)16(22(19,20)21)11(2)15(10)18(3)4/h5-9H,17H2,1-4H3,(H,19,20,21). The molecular formula is C16H20N2O3S. The Morgan fingerprint density at radius 1 is 1.09 bits per heavy atom. The van der Waals surface area contributed by atoms with Gasteiger partial charge in [0.1, 0.15) is 4.90 Å². The van der Waals surface area contributed by atoms with Crippen LogP contribution < -0.4 is 10.6 Å². The molecule has 0 atom stereocenters. The van der Waals surface area contributed by atoms with Gasteiger partial charge in [0.2, 0.25) is 0 Å². The van der Waals surface area contributed by atoms with Crippen LogP contribution in [0.1, 0.15) is 11.1 Å². The molecule has 0 aliphatic carbocycles. The van der Waals surface area contributed by atoms with Crippen molar-refractivity contribution >= 4 is 21.5 Å². The topological polar surface area (TPSA) is 83.6 Å². The highest BCUT2D eigenvalue weighted by Gasteiger charge is 2.24. The van der Waals surface area contributed by atoms with E-state index in [4.69, 9.17) is 5.73 Å². The number of hydrogen-bond acceptors (Lipinski definition) is 4. The molecule has 0 saturated carbocycles. The first-order chi connectivity index (χ1) is 10.1. The Kier molecular flexibility index (Phi) is 4.17. The fourth-order valence-corrected chi connectivity index (χ4v) is 3.79. The molecule has 118 valence electrons. The first kappa shape index (κ1) is 16.3. The molecule has 2 aromatic carbocycles. The van der Waals surface area contributed by atoms with Crippen LogP contribution in [0.4, 0.5) is 11.4 Å². The van der Waals surface area contributed by atoms with Gasteiger partial charge < -0.3 is 10.6 Å². The third-order valence-electron chi connectivity index (χ3n) is 3.60. The fourth-order valence-electron chi connectivity index (χ4n) is 2.85. The average molecular weight is 320 g/mol. The number of aryl methyl sites for hydroxylation is 1. The monoisotopic (exact) mass is 320 g/mol. The molecule has 0 spiro atoms. The molecule has 0 fully saturated rings. The highest BCUT2D eigenvalue weighted by Crippen LogP contribution is 2.37. The Labute approximate surface area is 131 Å². The summed E-state index contributed by atoms with van der Waals surface area (Å²) in [5.74, 6) is 0. The van der Waals surface area contributed by atoms with Crippen LogP contribution in [0, 0.1) is 13.8 Å². The Morgan fingerprint density at radius 3 is 2.09 bits per heavy atom. The maximum Gasteiger partial charge on any atom is 0.295 e. The highest BCUT2D eigenvalue weighted by atomic mass is 32.2. The molecule has 22 heavy (non-hydrogen) atoms. The summed E-state index contributed by atoms with van der Waals surface area (Å²) in [5.41, 5.74) is 9.68. The molecule has 3 N–H and O–H groups in total. The van der Waals surface area contributed by atoms with Crippen molar-refractivity contribution in [1.29, 1.82) is 0 Å². The number of rotatable bonds is 3. The van der Waals surface area contributed by atoms with Gasteiger partial charge in [0, 0.05) is 31.0 Å². The molecule has 2 aromatic rings. The van der Waals surface area contributed by atoms with Gasteiger partial charge in [-0.25, -0.2) is 0 Å². The fraction of sp³-hybridized carbons (Fsp3) is 0.250. The van der Waals surface area contributed by atoms with Gasteiger partial charge in [-0.05, 0) is 48.7 Å². The van der Waals surface area contributed by atoms with E-state index >= 15 is 0 Å². The smallest absolute Gasteiger partial charge is 0.295 e. The van der Waals surface area contributed by atoms with Crippen LogP contribution in [0.15, 0.2) is 35.2 Å². The summed E-state index contributed by atoms with van der Waals surface area (Å²) >= 11 is 0. The van der Waals surface area contributed by atoms with Gasteiger partial charge >= 0.3 is 0 Å². The van der Waals surface area contributed by atoms with Crippen LogP contribution in [0.3, 0.4) is 0 Å². The van der Waals surface area contributed by atoms with E-state index in [2.05, 4.69) is 0 Å². The van der Waals surface area contributed by atoms with Crippen molar-refractivity contribution in [3.05, 3.63) is 41.5 Å². The van der Waals surface area contributed by atoms with E-state index in [0.29, 0.717) is 22.4 Å². The van der Waals surface area contributed by atoms with E-state index in [1.807, 2.05) is 25.9 Å². The van der Waals surface area contributed by atoms with Crippen LogP contribution in [-0.4, -0.2) is 27.1 Å². The number of benzene rings is 2. The first-order valence-corrected chi connectivity index (χ1v) is 8.22. The zero-order valence-electron chi connectivity index (χ0n) is 13.1. The predicted octanol–water partition coefficient (Wildman–Crippen LogP) is 2.87. The summed E-state index contributed by atoms with van der Waals surface area (Å²) in [6.07, 6.45) is 0. The molecule has 0 saturated heterocycles. The average Bonchev–Trinajstić information content (AvgIpc) is 2.36. The van der Waals surface area contributed by atoms with Crippen LogP contribution >= 0.6 is 0 Å². The van der Waals surface area contributed by atoms with Crippen molar-refractivity contribution < 1.29 is 13.0 Å². The van der Waals surface area contributed by atoms with Crippen LogP contribution in [-0.2, 0) is 10.1 Å². The Morgan fingerprint density at radius 2 is 1.64 bits per heavy atom. The van der Waals surface area contributed by atoms with E-state index in [0.717, 1.165) is 11.3 Å². The normalized spacial score (nSPS) is 11.5. The van der Waals surface area contributed by atoms with E-state index in [-0.39, 0.29) is 4.90 Å². The summed E-state index contributed by atoms with van der Waals surface area (Å²) < 4.78 is 33.5. The SMILES string of the molecule is Cc1cc(-c2ccc(N)cc2)c(S(=O)(=O)O)c(C)c1N(C)C. The minimum atomic E-state index is -4.35. The minimum Gasteiger partial charge on any atom is -0.399 e. The largest absolute Gasteiger partial charge is 0.399 e. The van der Waals surface area contributed by atoms with Gasteiger partial charge in [-0.3, -0.25) is 4.55 Å². The van der Waals surface area contributed by atoms with Crippen molar-refractivity contribution in [2.24, 2.45) is 0 Å². The number of nitrogens with zero attached hydrogens (tertiary/aromatic N) is 1. The molecule has 6 heteroatoms. The first-order valence-electron chi connectivity index (χ1n) is 6.78. The summed E-state index contributed by atoms with van der Waals surface area (Å²) in [6.45, 7) is 3.61. The van der Waals surface area contributed by atoms with Crippen LogP contribution in [0.2, 0.25) is 0 Å². The van der Waals surface area contributed by atoms with E-state index < -0.39 is 10.1 Å². The molecule has 0 aromatic heterocycles. The van der Waals surface area contributed by atoms with Crippen LogP contribution in [0.5, 0.6) is 0 Å². The number of hydrogen-bond donors (Lipinski definition) is 2. The molecule has 0 amide bonds. The van der Waals surface area contributed by atoms with Crippen molar-refractivity contribution in [3.8, 4) is 11.1 Å². The van der Waals surface area contributed by atoms with Gasteiger partial charge in [-0.2, -0.15) is 8.42 Å². The quantitative estimate of drug-likeness (QED) is 0.671. The maximum absolute atomic E-state index is 11.9. The zero-order valence-corrected chi connectivity index (χ0v) is 13.9. The second-order valence-electron chi connectivity index (χ2n) is 5.54. The summed E-state index contributed by atoms with van der Waals surface area (Å²) in [7, 11) is -0.675. The lowest BCUT2D eigenvalue weighted by atomic mass is 9.98. The molecule has 0 radical (unpaired) electrons. The number of anilines is 2. The molecule has 0 aliphatic heterocycles. The van der Waals surface area contributed by atoms with Crippen LogP contribution in [0.25, 0.3) is 11.1 Å². The second kappa shape index (κ2) is 5.62. The van der Waals surface area contributed by atoms with Gasteiger partial charge in [0.25, 0.3) is 10.1 Å². The highest BCUT2D eigenvalue weighted by molar-refractivity contribution is 7.86. The Bertz CT molecular complexity index is 810. The third-order valence-corrected chi connectivity index (χ3v) is 4.64. The van der Waals surface area contributed by atoms with Gasteiger partial charge in [0.05, 0.1) is 0 Å². The molecule has 0 bridgehead atoms. The summed E-state index contributed by atoms with van der Waals surface area (Å²) in [4.78, 5) is 1.78. The molecule has 0 unspecified atom stereocenters. The zero-order chi connectivity index (χ0) is 16.7. The van der Waals surface area contributed by atoms with Gasteiger partial charge in [0.15, 0.2) is 0 Å². The van der Waals surface area contributed by atoms with Crippen molar-refractivity contribution in [2.75, 3.05) is 24.7 Å². The number of nitrogens with two attached hydrogens (primary N) is 1. The van der Waals surface area contributed by atoms with Gasteiger partial charge in [-0.1, -0.05) is 12.1 Å². The Hall–Kier alpha value is -2.05. The molecular weight excluding hydrogens is 300 g/mol. The molecule has 5 nitrogen and oxygen atoms in total. The van der Waals surface area contributed by atoms with Crippen molar-refractivity contribution in [1.82, 2.24) is 0 Å². The van der Waals surface area contributed by atoms with E-state index in [1.54, 1.807) is 37.3 Å². The van der Waals surface area contributed by atoms with Gasteiger partial charge in [-0.15, -0.1) is 0 Å². The van der Waals surface area contributed by atoms with E-state index in [1.165, 1.54) is 0 Å². The Balaban J connectivity index is 2.87. The van der Waals surface area contributed by atoms with Crippen molar-refractivity contribution in [3.63, 3.8) is 0 Å². The third kappa shape index (κ3) is 2.93. The predicted molar refractivity (Wildman–Crippen MR) is 89.9 cm³/mol. The minimum absolute atomic E-state index is 0.0634. The molecule has 0 aliphatic rings. The lowest BCUT2D eigenvalue weighted by Crippen LogP contribution is -2.15. The molecule has 0 heterocycles. The molecule has 2 rings (SSSR count). The second-order valence-corrected chi connectivity index (χ2v) is 6.89. The summed E-state index contributed by atoms with van der Waals surface area (Å²) in [6, 6.07) is 8.67. The maximum atomic E-state index is 11.9. The number of nitrogen functional groups attached to an aromatic ring is 1. The summed E-state index contributed by atoms with van der Waals surface area (Å²) in [5, 5.41) is 0. The lowest BCUT2D eigenvalue weighted by molar-refractivity contribution is 0.483. The lowest BCUT2D eigenvalue weighted by Gasteiger charge is -2.22. The van der Waals surface area contributed by atoms with E-state index in [9.17, 15) is 13.0 Å². The van der Waals surface area contributed by atoms with Crippen molar-refractivity contribution in [2.45, 2.75) is 18.7 Å².